The molecule has 1 N–H and O–H groups in total. The van der Waals surface area contributed by atoms with Crippen LogP contribution in [-0.2, 0) is 9.53 Å². The SMILES string of the molecule is COc1cccc(C2CN(C(=O)c3cccc(OCC(=O)O)c3)CCO2)c1. The number of carbonyl (C=O) groups excluding carboxylic acids is 1. The molecule has 3 rings (SSSR count). The summed E-state index contributed by atoms with van der Waals surface area (Å²) in [7, 11) is 1.61. The summed E-state index contributed by atoms with van der Waals surface area (Å²) in [5, 5.41) is 8.71. The van der Waals surface area contributed by atoms with Crippen LogP contribution in [0, 0.1) is 0 Å². The second-order valence-corrected chi connectivity index (χ2v) is 6.10. The van der Waals surface area contributed by atoms with Crippen molar-refractivity contribution < 1.29 is 28.9 Å². The Balaban J connectivity index is 1.71. The number of nitrogens with zero attached hydrogens (tertiary/aromatic N) is 1. The molecule has 1 amide bonds. The van der Waals surface area contributed by atoms with Crippen molar-refractivity contribution in [1.82, 2.24) is 4.90 Å². The molecule has 7 heteroatoms. The monoisotopic (exact) mass is 371 g/mol. The van der Waals surface area contributed by atoms with Crippen molar-refractivity contribution in [2.45, 2.75) is 6.10 Å². The van der Waals surface area contributed by atoms with Crippen molar-refractivity contribution in [3.8, 4) is 11.5 Å². The lowest BCUT2D eigenvalue weighted by molar-refractivity contribution is -0.139. The third-order valence-electron chi connectivity index (χ3n) is 4.26. The van der Waals surface area contributed by atoms with Gasteiger partial charge in [0.15, 0.2) is 6.61 Å². The minimum absolute atomic E-state index is 0.146. The lowest BCUT2D eigenvalue weighted by Crippen LogP contribution is -2.42. The van der Waals surface area contributed by atoms with Gasteiger partial charge in [0.05, 0.1) is 20.3 Å². The highest BCUT2D eigenvalue weighted by molar-refractivity contribution is 5.94. The van der Waals surface area contributed by atoms with Crippen LogP contribution in [0.5, 0.6) is 11.5 Å². The normalized spacial score (nSPS) is 16.6. The van der Waals surface area contributed by atoms with E-state index in [4.69, 9.17) is 19.3 Å². The summed E-state index contributed by atoms with van der Waals surface area (Å²) < 4.78 is 16.2. The summed E-state index contributed by atoms with van der Waals surface area (Å²) in [6, 6.07) is 14.1. The van der Waals surface area contributed by atoms with Crippen LogP contribution in [0.15, 0.2) is 48.5 Å². The molecule has 0 aromatic heterocycles. The summed E-state index contributed by atoms with van der Waals surface area (Å²) in [4.78, 5) is 25.2. The molecule has 1 unspecified atom stereocenters. The molecular weight excluding hydrogens is 350 g/mol. The maximum absolute atomic E-state index is 12.9. The highest BCUT2D eigenvalue weighted by Crippen LogP contribution is 2.26. The quantitative estimate of drug-likeness (QED) is 0.839. The standard InChI is InChI=1S/C20H21NO6/c1-25-16-6-2-4-14(10-16)18-12-21(8-9-26-18)20(24)15-5-3-7-17(11-15)27-13-19(22)23/h2-7,10-11,18H,8-9,12-13H2,1H3,(H,22,23). The molecule has 0 bridgehead atoms. The van der Waals surface area contributed by atoms with E-state index < -0.39 is 12.6 Å². The first kappa shape index (κ1) is 18.7. The Labute approximate surface area is 157 Å². The predicted molar refractivity (Wildman–Crippen MR) is 97.2 cm³/mol. The van der Waals surface area contributed by atoms with Crippen LogP contribution in [-0.4, -0.2) is 55.3 Å². The van der Waals surface area contributed by atoms with Crippen LogP contribution < -0.4 is 9.47 Å². The van der Waals surface area contributed by atoms with Crippen LogP contribution in [0.3, 0.4) is 0 Å². The predicted octanol–water partition coefficient (Wildman–Crippen LogP) is 2.37. The molecule has 142 valence electrons. The minimum atomic E-state index is -1.07. The van der Waals surface area contributed by atoms with E-state index >= 15 is 0 Å². The minimum Gasteiger partial charge on any atom is -0.497 e. The van der Waals surface area contributed by atoms with Gasteiger partial charge in [0, 0.05) is 12.1 Å². The molecule has 1 aliphatic heterocycles. The zero-order chi connectivity index (χ0) is 19.2. The summed E-state index contributed by atoms with van der Waals surface area (Å²) >= 11 is 0. The number of methoxy groups -OCH3 is 1. The Hall–Kier alpha value is -3.06. The van der Waals surface area contributed by atoms with Crippen molar-refractivity contribution in [3.05, 3.63) is 59.7 Å². The first-order valence-corrected chi connectivity index (χ1v) is 8.56. The third-order valence-corrected chi connectivity index (χ3v) is 4.26. The molecule has 0 spiro atoms. The van der Waals surface area contributed by atoms with E-state index in [-0.39, 0.29) is 12.0 Å². The average molecular weight is 371 g/mol. The summed E-state index contributed by atoms with van der Waals surface area (Å²) in [6.45, 7) is 0.891. The largest absolute Gasteiger partial charge is 0.497 e. The van der Waals surface area contributed by atoms with Crippen molar-refractivity contribution in [1.29, 1.82) is 0 Å². The fraction of sp³-hybridized carbons (Fsp3) is 0.300. The number of hydrogen-bond donors (Lipinski definition) is 1. The fourth-order valence-electron chi connectivity index (χ4n) is 2.92. The molecule has 2 aromatic rings. The molecule has 1 aliphatic rings. The van der Waals surface area contributed by atoms with Gasteiger partial charge in [-0.25, -0.2) is 4.79 Å². The van der Waals surface area contributed by atoms with E-state index in [0.29, 0.717) is 31.0 Å². The highest BCUT2D eigenvalue weighted by Gasteiger charge is 2.26. The van der Waals surface area contributed by atoms with Crippen LogP contribution in [0.1, 0.15) is 22.0 Å². The molecule has 1 fully saturated rings. The number of morpholine rings is 1. The van der Waals surface area contributed by atoms with E-state index in [0.717, 1.165) is 11.3 Å². The van der Waals surface area contributed by atoms with E-state index in [1.165, 1.54) is 0 Å². The van der Waals surface area contributed by atoms with Gasteiger partial charge < -0.3 is 24.2 Å². The van der Waals surface area contributed by atoms with Gasteiger partial charge in [0.2, 0.25) is 0 Å². The molecule has 0 saturated carbocycles. The molecule has 1 heterocycles. The maximum atomic E-state index is 12.9. The smallest absolute Gasteiger partial charge is 0.341 e. The average Bonchev–Trinajstić information content (AvgIpc) is 2.72. The van der Waals surface area contributed by atoms with Gasteiger partial charge in [-0.1, -0.05) is 18.2 Å². The summed E-state index contributed by atoms with van der Waals surface area (Å²) in [5.41, 5.74) is 1.40. The number of rotatable bonds is 6. The fourth-order valence-corrected chi connectivity index (χ4v) is 2.92. The van der Waals surface area contributed by atoms with Gasteiger partial charge in [-0.05, 0) is 35.9 Å². The lowest BCUT2D eigenvalue weighted by Gasteiger charge is -2.33. The molecule has 0 aliphatic carbocycles. The number of hydrogen-bond acceptors (Lipinski definition) is 5. The number of carboxylic acids is 1. The van der Waals surface area contributed by atoms with E-state index in [1.807, 2.05) is 24.3 Å². The van der Waals surface area contributed by atoms with E-state index in [9.17, 15) is 9.59 Å². The topological polar surface area (TPSA) is 85.3 Å². The zero-order valence-corrected chi connectivity index (χ0v) is 15.0. The summed E-state index contributed by atoms with van der Waals surface area (Å²) in [5.74, 6) is -0.128. The van der Waals surface area contributed by atoms with Crippen molar-refractivity contribution in [2.24, 2.45) is 0 Å². The first-order chi connectivity index (χ1) is 13.1. The van der Waals surface area contributed by atoms with E-state index in [2.05, 4.69) is 0 Å². The molecule has 27 heavy (non-hydrogen) atoms. The highest BCUT2D eigenvalue weighted by atomic mass is 16.5. The van der Waals surface area contributed by atoms with Crippen molar-refractivity contribution in [2.75, 3.05) is 33.4 Å². The first-order valence-electron chi connectivity index (χ1n) is 8.56. The molecule has 0 radical (unpaired) electrons. The maximum Gasteiger partial charge on any atom is 0.341 e. The molecule has 7 nitrogen and oxygen atoms in total. The number of aliphatic carboxylic acids is 1. The molecule has 2 aromatic carbocycles. The Morgan fingerprint density at radius 2 is 1.96 bits per heavy atom. The van der Waals surface area contributed by atoms with Crippen LogP contribution in [0.4, 0.5) is 0 Å². The number of amides is 1. The second-order valence-electron chi connectivity index (χ2n) is 6.10. The van der Waals surface area contributed by atoms with Crippen molar-refractivity contribution >= 4 is 11.9 Å². The van der Waals surface area contributed by atoms with Crippen LogP contribution >= 0.6 is 0 Å². The lowest BCUT2D eigenvalue weighted by atomic mass is 10.1. The van der Waals surface area contributed by atoms with Crippen LogP contribution in [0.2, 0.25) is 0 Å². The van der Waals surface area contributed by atoms with Gasteiger partial charge in [-0.3, -0.25) is 4.79 Å². The zero-order valence-electron chi connectivity index (χ0n) is 15.0. The number of carbonyl (C=O) groups is 2. The van der Waals surface area contributed by atoms with Crippen molar-refractivity contribution in [3.63, 3.8) is 0 Å². The Morgan fingerprint density at radius 3 is 2.74 bits per heavy atom. The number of benzene rings is 2. The Bertz CT molecular complexity index is 822. The second kappa shape index (κ2) is 8.55. The van der Waals surface area contributed by atoms with E-state index in [1.54, 1.807) is 36.3 Å². The van der Waals surface area contributed by atoms with Gasteiger partial charge in [-0.15, -0.1) is 0 Å². The molecule has 1 saturated heterocycles. The number of ether oxygens (including phenoxy) is 3. The van der Waals surface area contributed by atoms with Gasteiger partial charge in [0.1, 0.15) is 17.6 Å². The summed E-state index contributed by atoms with van der Waals surface area (Å²) in [6.07, 6.45) is -0.232. The number of carboxylic acid groups (broad SMARTS) is 1. The molecular formula is C20H21NO6. The van der Waals surface area contributed by atoms with Crippen LogP contribution in [0.25, 0.3) is 0 Å². The third kappa shape index (κ3) is 4.77. The van der Waals surface area contributed by atoms with Gasteiger partial charge in [-0.2, -0.15) is 0 Å². The molecule has 1 atom stereocenters. The van der Waals surface area contributed by atoms with Gasteiger partial charge in [0.25, 0.3) is 5.91 Å². The Morgan fingerprint density at radius 1 is 1.19 bits per heavy atom. The Kier molecular flexibility index (Phi) is 5.93. The van der Waals surface area contributed by atoms with Gasteiger partial charge >= 0.3 is 5.97 Å².